The first-order valence-corrected chi connectivity index (χ1v) is 7.39. The fourth-order valence-corrected chi connectivity index (χ4v) is 2.74. The number of rotatable bonds is 4. The van der Waals surface area contributed by atoms with E-state index in [-0.39, 0.29) is 19.0 Å². The Balaban J connectivity index is 0.00000288. The highest BCUT2D eigenvalue weighted by molar-refractivity contribution is 5.85. The smallest absolute Gasteiger partial charge is 0.184 e. The zero-order valence-electron chi connectivity index (χ0n) is 13.0. The van der Waals surface area contributed by atoms with E-state index in [1.165, 1.54) is 0 Å². The average Bonchev–Trinajstić information content (AvgIpc) is 2.53. The molecule has 1 unspecified atom stereocenters. The first-order valence-electron chi connectivity index (χ1n) is 7.39. The van der Waals surface area contributed by atoms with Crippen LogP contribution < -0.4 is 0 Å². The van der Waals surface area contributed by atoms with Gasteiger partial charge >= 0.3 is 0 Å². The molecule has 144 valence electrons. The second-order valence-corrected chi connectivity index (χ2v) is 5.88. The molecular formula is C13H25ClO10. The van der Waals surface area contributed by atoms with Gasteiger partial charge in [-0.25, -0.2) is 0 Å². The number of aliphatic hydroxyl groups is 7. The second-order valence-electron chi connectivity index (χ2n) is 5.88. The number of hydrogen-bond donors (Lipinski definition) is 7. The van der Waals surface area contributed by atoms with E-state index in [0.29, 0.717) is 0 Å². The van der Waals surface area contributed by atoms with Gasteiger partial charge in [0.05, 0.1) is 19.3 Å². The molecule has 0 aliphatic carbocycles. The lowest BCUT2D eigenvalue weighted by molar-refractivity contribution is -0.299. The van der Waals surface area contributed by atoms with E-state index in [9.17, 15) is 30.6 Å². The van der Waals surface area contributed by atoms with E-state index in [0.717, 1.165) is 0 Å². The maximum atomic E-state index is 10.0. The van der Waals surface area contributed by atoms with Crippen molar-refractivity contribution in [2.75, 3.05) is 13.2 Å². The van der Waals surface area contributed by atoms with Crippen molar-refractivity contribution in [1.29, 1.82) is 0 Å². The van der Waals surface area contributed by atoms with E-state index in [1.807, 2.05) is 0 Å². The standard InChI is InChI=1S/C13H24O10.ClH/c1-4-7(15)12(9(17)5(2-14)22-4)21-3-6-8(16)10(18)11(19)13(20)23-6;/h4-20H,2-3H2,1H3;1H/t4?,5-,6-,7+,8-,9-,10+,11-,12-,13+;/m1./s1. The predicted octanol–water partition coefficient (Wildman–Crippen LogP) is -3.91. The number of aliphatic hydroxyl groups excluding tert-OH is 7. The predicted molar refractivity (Wildman–Crippen MR) is 79.3 cm³/mol. The normalized spacial score (nSPS) is 49.5. The molecule has 0 amide bonds. The third-order valence-corrected chi connectivity index (χ3v) is 4.24. The minimum atomic E-state index is -1.70. The molecule has 24 heavy (non-hydrogen) atoms. The van der Waals surface area contributed by atoms with Gasteiger partial charge in [0.25, 0.3) is 0 Å². The molecule has 10 atom stereocenters. The first-order chi connectivity index (χ1) is 10.8. The number of ether oxygens (including phenoxy) is 3. The fraction of sp³-hybridized carbons (Fsp3) is 1.00. The lowest BCUT2D eigenvalue weighted by Gasteiger charge is -2.43. The van der Waals surface area contributed by atoms with E-state index >= 15 is 0 Å². The highest BCUT2D eigenvalue weighted by Gasteiger charge is 2.46. The zero-order valence-corrected chi connectivity index (χ0v) is 13.8. The summed E-state index contributed by atoms with van der Waals surface area (Å²) in [5.41, 5.74) is 0. The summed E-state index contributed by atoms with van der Waals surface area (Å²) < 4.78 is 15.5. The van der Waals surface area contributed by atoms with Gasteiger partial charge in [0, 0.05) is 0 Å². The van der Waals surface area contributed by atoms with Gasteiger partial charge in [0.2, 0.25) is 0 Å². The van der Waals surface area contributed by atoms with Crippen LogP contribution in [0.1, 0.15) is 6.92 Å². The van der Waals surface area contributed by atoms with Crippen molar-refractivity contribution >= 4 is 12.4 Å². The molecule has 0 spiro atoms. The van der Waals surface area contributed by atoms with Crippen molar-refractivity contribution in [2.45, 2.75) is 68.1 Å². The zero-order chi connectivity index (χ0) is 17.3. The highest BCUT2D eigenvalue weighted by Crippen LogP contribution is 2.25. The molecule has 11 heteroatoms. The van der Waals surface area contributed by atoms with Gasteiger partial charge in [0.1, 0.15) is 48.8 Å². The Morgan fingerprint density at radius 2 is 1.42 bits per heavy atom. The molecule has 2 aliphatic heterocycles. The summed E-state index contributed by atoms with van der Waals surface area (Å²) in [6, 6.07) is 0. The van der Waals surface area contributed by atoms with E-state index in [4.69, 9.17) is 19.3 Å². The molecule has 2 heterocycles. The van der Waals surface area contributed by atoms with Crippen LogP contribution in [0.25, 0.3) is 0 Å². The molecule has 2 aliphatic rings. The molecule has 2 saturated heterocycles. The monoisotopic (exact) mass is 376 g/mol. The minimum Gasteiger partial charge on any atom is -0.394 e. The van der Waals surface area contributed by atoms with E-state index < -0.39 is 67.8 Å². The Morgan fingerprint density at radius 3 is 2.00 bits per heavy atom. The van der Waals surface area contributed by atoms with Gasteiger partial charge in [-0.1, -0.05) is 0 Å². The van der Waals surface area contributed by atoms with Gasteiger partial charge < -0.3 is 50.0 Å². The molecular weight excluding hydrogens is 352 g/mol. The summed E-state index contributed by atoms with van der Waals surface area (Å²) in [5.74, 6) is 0. The minimum absolute atomic E-state index is 0. The fourth-order valence-electron chi connectivity index (χ4n) is 2.74. The van der Waals surface area contributed by atoms with Gasteiger partial charge in [-0.15, -0.1) is 12.4 Å². The third kappa shape index (κ3) is 4.34. The summed E-state index contributed by atoms with van der Waals surface area (Å²) in [6.45, 7) is 0.710. The lowest BCUT2D eigenvalue weighted by atomic mass is 9.95. The van der Waals surface area contributed by atoms with E-state index in [1.54, 1.807) is 6.92 Å². The van der Waals surface area contributed by atoms with Crippen LogP contribution in [-0.4, -0.2) is 110 Å². The average molecular weight is 377 g/mol. The van der Waals surface area contributed by atoms with Crippen LogP contribution in [0.3, 0.4) is 0 Å². The van der Waals surface area contributed by atoms with Crippen LogP contribution >= 0.6 is 12.4 Å². The lowest BCUT2D eigenvalue weighted by Crippen LogP contribution is -2.61. The summed E-state index contributed by atoms with van der Waals surface area (Å²) in [6.07, 6.45) is -12.9. The summed E-state index contributed by atoms with van der Waals surface area (Å²) in [7, 11) is 0. The van der Waals surface area contributed by atoms with Crippen molar-refractivity contribution in [3.8, 4) is 0 Å². The van der Waals surface area contributed by atoms with Gasteiger partial charge in [-0.2, -0.15) is 0 Å². The Hall–Kier alpha value is -0.110. The Labute approximate surface area is 144 Å². The topological polar surface area (TPSA) is 169 Å². The van der Waals surface area contributed by atoms with Gasteiger partial charge in [0.15, 0.2) is 6.29 Å². The van der Waals surface area contributed by atoms with Crippen LogP contribution in [0, 0.1) is 0 Å². The Kier molecular flexibility index (Phi) is 8.23. The van der Waals surface area contributed by atoms with Crippen molar-refractivity contribution < 1.29 is 50.0 Å². The van der Waals surface area contributed by atoms with Crippen LogP contribution in [0.4, 0.5) is 0 Å². The van der Waals surface area contributed by atoms with Crippen LogP contribution in [-0.2, 0) is 14.2 Å². The van der Waals surface area contributed by atoms with Crippen molar-refractivity contribution in [2.24, 2.45) is 0 Å². The van der Waals surface area contributed by atoms with E-state index in [2.05, 4.69) is 0 Å². The maximum absolute atomic E-state index is 10.0. The quantitative estimate of drug-likeness (QED) is 0.257. The third-order valence-electron chi connectivity index (χ3n) is 4.24. The molecule has 10 nitrogen and oxygen atoms in total. The van der Waals surface area contributed by atoms with Gasteiger partial charge in [-0.05, 0) is 6.92 Å². The first kappa shape index (κ1) is 21.9. The van der Waals surface area contributed by atoms with Crippen LogP contribution in [0.2, 0.25) is 0 Å². The van der Waals surface area contributed by atoms with Crippen molar-refractivity contribution in [1.82, 2.24) is 0 Å². The van der Waals surface area contributed by atoms with Gasteiger partial charge in [-0.3, -0.25) is 0 Å². The molecule has 0 radical (unpaired) electrons. The van der Waals surface area contributed by atoms with Crippen LogP contribution in [0.15, 0.2) is 0 Å². The van der Waals surface area contributed by atoms with Crippen molar-refractivity contribution in [3.05, 3.63) is 0 Å². The Bertz CT molecular complexity index is 388. The summed E-state index contributed by atoms with van der Waals surface area (Å²) in [4.78, 5) is 0. The SMILES string of the molecule is CC1O[C@H](CO)[C@@H](O)[C@H](OC[C@H]2O[C@H](O)[C@H](O)[C@@H](O)[C@@H]2O)[C@H]1O.Cl. The maximum Gasteiger partial charge on any atom is 0.184 e. The molecule has 0 aromatic rings. The second kappa shape index (κ2) is 9.01. The summed E-state index contributed by atoms with van der Waals surface area (Å²) in [5, 5.41) is 67.5. The molecule has 0 bridgehead atoms. The largest absolute Gasteiger partial charge is 0.394 e. The molecule has 2 rings (SSSR count). The molecule has 2 fully saturated rings. The molecule has 0 saturated carbocycles. The molecule has 0 aromatic heterocycles. The van der Waals surface area contributed by atoms with Crippen molar-refractivity contribution in [3.63, 3.8) is 0 Å². The Morgan fingerprint density at radius 1 is 0.792 bits per heavy atom. The summed E-state index contributed by atoms with van der Waals surface area (Å²) >= 11 is 0. The number of hydrogen-bond acceptors (Lipinski definition) is 10. The molecule has 0 aromatic carbocycles. The number of halogens is 1. The highest BCUT2D eigenvalue weighted by atomic mass is 35.5. The molecule has 7 N–H and O–H groups in total. The van der Waals surface area contributed by atoms with Crippen LogP contribution in [0.5, 0.6) is 0 Å².